The summed E-state index contributed by atoms with van der Waals surface area (Å²) in [6.45, 7) is 6.12. The fraction of sp³-hybridized carbons (Fsp3) is 0.739. The maximum absolute atomic E-state index is 14.0. The Balaban J connectivity index is 1.17. The molecule has 4 fully saturated rings. The van der Waals surface area contributed by atoms with Crippen molar-refractivity contribution in [3.63, 3.8) is 0 Å². The summed E-state index contributed by atoms with van der Waals surface area (Å²) in [5.41, 5.74) is 0.756. The van der Waals surface area contributed by atoms with Crippen molar-refractivity contribution in [1.82, 2.24) is 9.80 Å². The molecule has 4 aliphatic rings. The van der Waals surface area contributed by atoms with Gasteiger partial charge in [-0.1, -0.05) is 6.07 Å². The van der Waals surface area contributed by atoms with Crippen molar-refractivity contribution in [2.45, 2.75) is 62.8 Å². The van der Waals surface area contributed by atoms with Crippen molar-refractivity contribution in [3.8, 4) is 0 Å². The van der Waals surface area contributed by atoms with Crippen LogP contribution in [0.25, 0.3) is 0 Å². The predicted octanol–water partition coefficient (Wildman–Crippen LogP) is 3.59. The van der Waals surface area contributed by atoms with Crippen molar-refractivity contribution >= 4 is 0 Å². The topological polar surface area (TPSA) is 24.9 Å². The Hall–Kier alpha value is -1.08. The number of hydrogen-bond donors (Lipinski definition) is 0. The van der Waals surface area contributed by atoms with Crippen molar-refractivity contribution in [3.05, 3.63) is 35.4 Å². The Labute approximate surface area is 172 Å². The zero-order valence-corrected chi connectivity index (χ0v) is 17.1. The number of piperidine rings is 1. The number of rotatable bonds is 6. The van der Waals surface area contributed by atoms with Gasteiger partial charge < -0.3 is 9.47 Å². The molecule has 1 aromatic carbocycles. The van der Waals surface area contributed by atoms with E-state index >= 15 is 0 Å². The number of benzene rings is 1. The van der Waals surface area contributed by atoms with Crippen LogP contribution in [0.3, 0.4) is 0 Å². The van der Waals surface area contributed by atoms with Crippen LogP contribution in [-0.2, 0) is 16.0 Å². The summed E-state index contributed by atoms with van der Waals surface area (Å²) >= 11 is 0. The van der Waals surface area contributed by atoms with Gasteiger partial charge in [0.15, 0.2) is 0 Å². The minimum absolute atomic E-state index is 0.170. The van der Waals surface area contributed by atoms with Crippen LogP contribution in [0.2, 0.25) is 0 Å². The van der Waals surface area contributed by atoms with Gasteiger partial charge in [-0.05, 0) is 63.6 Å². The number of halogens is 2. The second-order valence-corrected chi connectivity index (χ2v) is 9.38. The zero-order chi connectivity index (χ0) is 19.8. The molecule has 1 aliphatic carbocycles. The van der Waals surface area contributed by atoms with E-state index in [4.69, 9.17) is 9.47 Å². The van der Waals surface area contributed by atoms with Crippen LogP contribution in [0.1, 0.15) is 44.1 Å². The van der Waals surface area contributed by atoms with Crippen molar-refractivity contribution < 1.29 is 18.3 Å². The normalized spacial score (nSPS) is 28.6. The van der Waals surface area contributed by atoms with Crippen LogP contribution >= 0.6 is 0 Å². The minimum Gasteiger partial charge on any atom is -0.381 e. The van der Waals surface area contributed by atoms with Gasteiger partial charge in [-0.15, -0.1) is 0 Å². The summed E-state index contributed by atoms with van der Waals surface area (Å²) < 4.78 is 39.2. The minimum atomic E-state index is -0.511. The van der Waals surface area contributed by atoms with E-state index in [1.165, 1.54) is 18.9 Å². The van der Waals surface area contributed by atoms with Gasteiger partial charge in [0.1, 0.15) is 11.6 Å². The van der Waals surface area contributed by atoms with Crippen molar-refractivity contribution in [1.29, 1.82) is 0 Å². The van der Waals surface area contributed by atoms with Crippen molar-refractivity contribution in [2.24, 2.45) is 5.92 Å². The standard InChI is InChI=1S/C23H32F2N2O2/c24-19-4-3-18(21(25)13-19)14-26-9-5-20(6-10-26)27-15-22(29-16-17-1-2-17)23(27)7-11-28-12-8-23/h3-4,13,17,20,22H,1-2,5-12,14-16H2. The van der Waals surface area contributed by atoms with Gasteiger partial charge in [0, 0.05) is 50.6 Å². The highest BCUT2D eigenvalue weighted by atomic mass is 19.1. The Morgan fingerprint density at radius 3 is 2.52 bits per heavy atom. The summed E-state index contributed by atoms with van der Waals surface area (Å²) in [6, 6.07) is 4.48. The number of ether oxygens (including phenoxy) is 2. The molecule has 1 spiro atoms. The summed E-state index contributed by atoms with van der Waals surface area (Å²) in [6.07, 6.45) is 7.37. The quantitative estimate of drug-likeness (QED) is 0.721. The maximum atomic E-state index is 14.0. The molecule has 5 rings (SSSR count). The van der Waals surface area contributed by atoms with E-state index in [1.807, 2.05) is 0 Å². The van der Waals surface area contributed by atoms with E-state index in [2.05, 4.69) is 9.80 Å². The van der Waals surface area contributed by atoms with Gasteiger partial charge in [0.05, 0.1) is 11.6 Å². The molecule has 1 unspecified atom stereocenters. The average molecular weight is 407 g/mol. The molecule has 3 saturated heterocycles. The molecular weight excluding hydrogens is 374 g/mol. The Bertz CT molecular complexity index is 713. The highest BCUT2D eigenvalue weighted by Crippen LogP contribution is 2.45. The molecular formula is C23H32F2N2O2. The molecule has 3 aliphatic heterocycles. The molecule has 1 atom stereocenters. The smallest absolute Gasteiger partial charge is 0.130 e. The molecule has 0 N–H and O–H groups in total. The van der Waals surface area contributed by atoms with E-state index in [-0.39, 0.29) is 5.54 Å². The summed E-state index contributed by atoms with van der Waals surface area (Å²) in [7, 11) is 0. The molecule has 1 saturated carbocycles. The first-order chi connectivity index (χ1) is 14.1. The molecule has 0 radical (unpaired) electrons. The fourth-order valence-electron chi connectivity index (χ4n) is 5.47. The number of likely N-dealkylation sites (tertiary alicyclic amines) is 2. The molecule has 0 aromatic heterocycles. The highest BCUT2D eigenvalue weighted by molar-refractivity contribution is 5.18. The summed E-state index contributed by atoms with van der Waals surface area (Å²) in [5, 5.41) is 0. The second-order valence-electron chi connectivity index (χ2n) is 9.38. The van der Waals surface area contributed by atoms with E-state index in [0.29, 0.717) is 24.3 Å². The van der Waals surface area contributed by atoms with Crippen LogP contribution in [0.4, 0.5) is 8.78 Å². The zero-order valence-electron chi connectivity index (χ0n) is 17.1. The molecule has 3 heterocycles. The SMILES string of the molecule is Fc1ccc(CN2CCC(N3CC(OCC4CC4)C34CCOCC4)CC2)c(F)c1. The number of nitrogens with zero attached hydrogens (tertiary/aromatic N) is 2. The van der Waals surface area contributed by atoms with E-state index in [1.54, 1.807) is 6.07 Å². The van der Waals surface area contributed by atoms with Crippen LogP contribution in [0.15, 0.2) is 18.2 Å². The monoisotopic (exact) mass is 406 g/mol. The van der Waals surface area contributed by atoms with Gasteiger partial charge in [0.2, 0.25) is 0 Å². The second kappa shape index (κ2) is 8.22. The molecule has 0 amide bonds. The lowest BCUT2D eigenvalue weighted by Gasteiger charge is -2.63. The van der Waals surface area contributed by atoms with Gasteiger partial charge in [-0.25, -0.2) is 8.78 Å². The Kier molecular flexibility index (Phi) is 5.63. The molecule has 160 valence electrons. The third-order valence-electron chi connectivity index (χ3n) is 7.53. The Morgan fingerprint density at radius 1 is 1.07 bits per heavy atom. The highest BCUT2D eigenvalue weighted by Gasteiger charge is 2.57. The largest absolute Gasteiger partial charge is 0.381 e. The molecule has 0 bridgehead atoms. The van der Waals surface area contributed by atoms with Crippen LogP contribution in [0, 0.1) is 17.6 Å². The third kappa shape index (κ3) is 4.09. The molecule has 6 heteroatoms. The van der Waals surface area contributed by atoms with Gasteiger partial charge in [0.25, 0.3) is 0 Å². The first-order valence-electron chi connectivity index (χ1n) is 11.3. The first-order valence-corrected chi connectivity index (χ1v) is 11.3. The first kappa shape index (κ1) is 19.9. The molecule has 1 aromatic rings. The summed E-state index contributed by atoms with van der Waals surface area (Å²) in [5.74, 6) is -0.148. The van der Waals surface area contributed by atoms with Gasteiger partial charge in [-0.2, -0.15) is 0 Å². The van der Waals surface area contributed by atoms with Crippen LogP contribution < -0.4 is 0 Å². The number of hydrogen-bond acceptors (Lipinski definition) is 4. The van der Waals surface area contributed by atoms with Gasteiger partial charge >= 0.3 is 0 Å². The molecule has 4 nitrogen and oxygen atoms in total. The van der Waals surface area contributed by atoms with Gasteiger partial charge in [-0.3, -0.25) is 9.80 Å². The molecule has 29 heavy (non-hydrogen) atoms. The van der Waals surface area contributed by atoms with Crippen molar-refractivity contribution in [2.75, 3.05) is 39.5 Å². The third-order valence-corrected chi connectivity index (χ3v) is 7.53. The van der Waals surface area contributed by atoms with E-state index in [9.17, 15) is 8.78 Å². The van der Waals surface area contributed by atoms with E-state index in [0.717, 1.165) is 77.1 Å². The lowest BCUT2D eigenvalue weighted by Crippen LogP contribution is -2.76. The maximum Gasteiger partial charge on any atom is 0.130 e. The van der Waals surface area contributed by atoms with E-state index < -0.39 is 11.6 Å². The lowest BCUT2D eigenvalue weighted by molar-refractivity contribution is -0.218. The lowest BCUT2D eigenvalue weighted by atomic mass is 9.73. The van der Waals surface area contributed by atoms with Crippen LogP contribution in [-0.4, -0.2) is 66.9 Å². The predicted molar refractivity (Wildman–Crippen MR) is 107 cm³/mol. The van der Waals surface area contributed by atoms with Crippen LogP contribution in [0.5, 0.6) is 0 Å². The Morgan fingerprint density at radius 2 is 1.83 bits per heavy atom. The fourth-order valence-corrected chi connectivity index (χ4v) is 5.47. The summed E-state index contributed by atoms with van der Waals surface area (Å²) in [4.78, 5) is 5.01. The average Bonchev–Trinajstić information content (AvgIpc) is 3.55.